The maximum absolute atomic E-state index is 12.0. The van der Waals surface area contributed by atoms with Crippen LogP contribution in [0.2, 0.25) is 0 Å². The molecule has 26 heavy (non-hydrogen) atoms. The van der Waals surface area contributed by atoms with Gasteiger partial charge >= 0.3 is 0 Å². The second-order valence-electron chi connectivity index (χ2n) is 5.33. The van der Waals surface area contributed by atoms with Crippen molar-refractivity contribution in [3.63, 3.8) is 0 Å². The summed E-state index contributed by atoms with van der Waals surface area (Å²) in [6.45, 7) is 2.72. The van der Waals surface area contributed by atoms with E-state index in [1.807, 2.05) is 0 Å². The topological polar surface area (TPSA) is 146 Å². The van der Waals surface area contributed by atoms with Gasteiger partial charge < -0.3 is 10.2 Å². The van der Waals surface area contributed by atoms with Crippen molar-refractivity contribution in [3.05, 3.63) is 62.9 Å². The third-order valence-corrected chi connectivity index (χ3v) is 3.43. The maximum Gasteiger partial charge on any atom is 0.270 e. The Hall–Kier alpha value is -3.75. The Labute approximate surface area is 147 Å². The van der Waals surface area contributed by atoms with Gasteiger partial charge in [-0.2, -0.15) is 0 Å². The van der Waals surface area contributed by atoms with Gasteiger partial charge in [0.2, 0.25) is 5.88 Å². The highest BCUT2D eigenvalue weighted by Crippen LogP contribution is 2.27. The van der Waals surface area contributed by atoms with Gasteiger partial charge in [0.05, 0.1) is 10.5 Å². The minimum absolute atomic E-state index is 0.00969. The molecule has 0 spiro atoms. The number of non-ortho nitro benzene ring substituents is 1. The zero-order chi connectivity index (χ0) is 19.4. The fraction of sp³-hybridized carbons (Fsp3) is 0.118. The van der Waals surface area contributed by atoms with Crippen molar-refractivity contribution in [2.45, 2.75) is 13.8 Å². The molecule has 134 valence electrons. The number of rotatable bonds is 6. The Balaban J connectivity index is 2.24. The van der Waals surface area contributed by atoms with Gasteiger partial charge in [-0.05, 0) is 25.5 Å². The highest BCUT2D eigenvalue weighted by molar-refractivity contribution is 6.13. The molecule has 1 heterocycles. The van der Waals surface area contributed by atoms with E-state index in [2.05, 4.69) is 5.32 Å². The number of hydrogen-bond donors (Lipinski definition) is 2. The molecule has 9 nitrogen and oxygen atoms in total. The second-order valence-corrected chi connectivity index (χ2v) is 5.33. The lowest BCUT2D eigenvalue weighted by molar-refractivity contribution is -0.384. The molecule has 9 heteroatoms. The first-order valence-electron chi connectivity index (χ1n) is 7.38. The number of nitro groups is 1. The number of ketones is 1. The van der Waals surface area contributed by atoms with Crippen molar-refractivity contribution >= 4 is 35.2 Å². The lowest BCUT2D eigenvalue weighted by atomic mass is 10.1. The van der Waals surface area contributed by atoms with E-state index in [1.165, 1.54) is 38.1 Å². The van der Waals surface area contributed by atoms with Gasteiger partial charge in [0.1, 0.15) is 11.3 Å². The van der Waals surface area contributed by atoms with Crippen molar-refractivity contribution in [1.29, 1.82) is 0 Å². The summed E-state index contributed by atoms with van der Waals surface area (Å²) in [5.74, 6) is -2.07. The highest BCUT2D eigenvalue weighted by Gasteiger charge is 2.25. The van der Waals surface area contributed by atoms with Crippen molar-refractivity contribution in [2.24, 2.45) is 5.73 Å². The number of hydrogen-bond acceptors (Lipinski definition) is 6. The van der Waals surface area contributed by atoms with Crippen LogP contribution in [0, 0.1) is 17.0 Å². The van der Waals surface area contributed by atoms with E-state index in [1.54, 1.807) is 6.07 Å². The van der Waals surface area contributed by atoms with Gasteiger partial charge in [0, 0.05) is 18.2 Å². The molecule has 3 N–H and O–H groups in total. The van der Waals surface area contributed by atoms with Crippen molar-refractivity contribution in [2.75, 3.05) is 5.32 Å². The molecule has 1 aromatic heterocycles. The predicted octanol–water partition coefficient (Wildman–Crippen LogP) is 2.45. The summed E-state index contributed by atoms with van der Waals surface area (Å²) < 4.78 is 5.26. The molecule has 1 aromatic carbocycles. The molecule has 0 aliphatic carbocycles. The first-order chi connectivity index (χ1) is 12.2. The van der Waals surface area contributed by atoms with E-state index in [0.29, 0.717) is 5.56 Å². The number of nitrogens with two attached hydrogens (primary N) is 1. The summed E-state index contributed by atoms with van der Waals surface area (Å²) in [4.78, 5) is 45.5. The highest BCUT2D eigenvalue weighted by atomic mass is 16.6. The molecule has 0 unspecified atom stereocenters. The van der Waals surface area contributed by atoms with E-state index < -0.39 is 22.5 Å². The smallest absolute Gasteiger partial charge is 0.270 e. The van der Waals surface area contributed by atoms with Crippen LogP contribution in [0.1, 0.15) is 39.0 Å². The number of primary amides is 1. The molecule has 0 aliphatic rings. The van der Waals surface area contributed by atoms with Crippen LogP contribution in [0.3, 0.4) is 0 Å². The number of anilines is 1. The summed E-state index contributed by atoms with van der Waals surface area (Å²) in [6.07, 6.45) is 2.46. The Kier molecular flexibility index (Phi) is 5.31. The number of furan rings is 1. The largest absolute Gasteiger partial charge is 0.444 e. The monoisotopic (exact) mass is 357 g/mol. The molecule has 0 aliphatic heterocycles. The zero-order valence-electron chi connectivity index (χ0n) is 13.9. The molecule has 0 bridgehead atoms. The quantitative estimate of drug-likeness (QED) is 0.351. The molecule has 0 atom stereocenters. The number of nitrogens with zero attached hydrogens (tertiary/aromatic N) is 1. The summed E-state index contributed by atoms with van der Waals surface area (Å²) in [6, 6.07) is 5.68. The number of aryl methyl sites for hydroxylation is 1. The molecule has 2 rings (SSSR count). The number of benzene rings is 1. The zero-order valence-corrected chi connectivity index (χ0v) is 13.9. The summed E-state index contributed by atoms with van der Waals surface area (Å²) >= 11 is 0. The second kappa shape index (κ2) is 7.43. The summed E-state index contributed by atoms with van der Waals surface area (Å²) in [5, 5.41) is 13.1. The van der Waals surface area contributed by atoms with Crippen LogP contribution in [-0.4, -0.2) is 22.5 Å². The van der Waals surface area contributed by atoms with Crippen LogP contribution in [0.25, 0.3) is 6.08 Å². The molecule has 2 amide bonds. The Morgan fingerprint density at radius 1 is 1.27 bits per heavy atom. The van der Waals surface area contributed by atoms with Crippen molar-refractivity contribution in [1.82, 2.24) is 0 Å². The Bertz CT molecular complexity index is 942. The Morgan fingerprint density at radius 3 is 2.54 bits per heavy atom. The molecule has 0 saturated carbocycles. The van der Waals surface area contributed by atoms with Crippen LogP contribution in [0.4, 0.5) is 11.6 Å². The normalized spacial score (nSPS) is 10.7. The third-order valence-electron chi connectivity index (χ3n) is 3.43. The first-order valence-corrected chi connectivity index (χ1v) is 7.38. The average Bonchev–Trinajstić information content (AvgIpc) is 2.89. The lowest BCUT2D eigenvalue weighted by Crippen LogP contribution is -2.18. The van der Waals surface area contributed by atoms with Crippen molar-refractivity contribution in [3.8, 4) is 0 Å². The van der Waals surface area contributed by atoms with Crippen LogP contribution in [-0.2, 0) is 4.79 Å². The van der Waals surface area contributed by atoms with E-state index in [9.17, 15) is 24.5 Å². The van der Waals surface area contributed by atoms with Gasteiger partial charge in [0.15, 0.2) is 5.78 Å². The average molecular weight is 357 g/mol. The molecule has 0 fully saturated rings. The molecular weight excluding hydrogens is 342 g/mol. The van der Waals surface area contributed by atoms with Gasteiger partial charge in [-0.15, -0.1) is 0 Å². The van der Waals surface area contributed by atoms with E-state index in [4.69, 9.17) is 10.2 Å². The molecular formula is C17H15N3O6. The first kappa shape index (κ1) is 18.6. The van der Waals surface area contributed by atoms with Crippen molar-refractivity contribution < 1.29 is 23.7 Å². The molecule has 0 radical (unpaired) electrons. The van der Waals surface area contributed by atoms with Gasteiger partial charge in [-0.25, -0.2) is 0 Å². The number of Topliss-reactive ketones (excluding diaryl/α,β-unsaturated/α-hetero) is 1. The maximum atomic E-state index is 12.0. The Morgan fingerprint density at radius 2 is 1.96 bits per heavy atom. The number of nitro benzene ring substituents is 1. The van der Waals surface area contributed by atoms with Crippen LogP contribution < -0.4 is 11.1 Å². The van der Waals surface area contributed by atoms with Crippen LogP contribution in [0.5, 0.6) is 0 Å². The molecule has 0 saturated heterocycles. The number of carbonyl (C=O) groups excluding carboxylic acids is 3. The van der Waals surface area contributed by atoms with E-state index in [0.717, 1.165) is 6.08 Å². The minimum Gasteiger partial charge on any atom is -0.444 e. The van der Waals surface area contributed by atoms with Crippen LogP contribution >= 0.6 is 0 Å². The fourth-order valence-electron chi connectivity index (χ4n) is 2.36. The molecule has 2 aromatic rings. The fourth-order valence-corrected chi connectivity index (χ4v) is 2.36. The predicted molar refractivity (Wildman–Crippen MR) is 92.7 cm³/mol. The van der Waals surface area contributed by atoms with Gasteiger partial charge in [-0.1, -0.05) is 12.1 Å². The minimum atomic E-state index is -0.912. The van der Waals surface area contributed by atoms with Gasteiger partial charge in [-0.3, -0.25) is 29.8 Å². The number of carbonyl (C=O) groups is 3. The summed E-state index contributed by atoms with van der Waals surface area (Å²) in [5.41, 5.74) is 5.40. The standard InChI is InChI=1S/C17H15N3O6/c1-9(21)14-10(2)26-17(15(14)16(18)23)19-13(22)7-6-11-4-3-5-12(8-11)20(24)25/h3-8H,1-2H3,(H2,18,23)(H,19,22)/b7-6+. The van der Waals surface area contributed by atoms with Gasteiger partial charge in [0.25, 0.3) is 17.5 Å². The number of nitrogens with one attached hydrogen (secondary N) is 1. The number of amides is 2. The SMILES string of the molecule is CC(=O)c1c(C)oc(NC(=O)/C=C/c2cccc([N+](=O)[O-])c2)c1C(N)=O. The van der Waals surface area contributed by atoms with E-state index >= 15 is 0 Å². The third kappa shape index (κ3) is 4.01. The van der Waals surface area contributed by atoms with Crippen LogP contribution in [0.15, 0.2) is 34.8 Å². The summed E-state index contributed by atoms with van der Waals surface area (Å²) in [7, 11) is 0. The lowest BCUT2D eigenvalue weighted by Gasteiger charge is -2.01. The van der Waals surface area contributed by atoms with E-state index in [-0.39, 0.29) is 28.5 Å².